The van der Waals surface area contributed by atoms with Gasteiger partial charge in [-0.2, -0.15) is 0 Å². The molecule has 0 saturated carbocycles. The minimum absolute atomic E-state index is 0.253. The van der Waals surface area contributed by atoms with Gasteiger partial charge in [-0.1, -0.05) is 11.6 Å². The molecule has 18 heavy (non-hydrogen) atoms. The van der Waals surface area contributed by atoms with Crippen molar-refractivity contribution in [3.8, 4) is 11.5 Å². The zero-order chi connectivity index (χ0) is 12.5. The number of aryl methyl sites for hydroxylation is 1. The zero-order valence-corrected chi connectivity index (χ0v) is 11.3. The SMILES string of the molecule is Cc1ncc(CNc2cc3c(cc2Cl)OCO3)s1. The van der Waals surface area contributed by atoms with E-state index in [1.54, 1.807) is 17.4 Å². The molecule has 2 heterocycles. The van der Waals surface area contributed by atoms with E-state index in [1.165, 1.54) is 4.88 Å². The van der Waals surface area contributed by atoms with Gasteiger partial charge in [-0.25, -0.2) is 4.98 Å². The van der Waals surface area contributed by atoms with Crippen molar-refractivity contribution in [2.24, 2.45) is 0 Å². The summed E-state index contributed by atoms with van der Waals surface area (Å²) >= 11 is 7.83. The fraction of sp³-hybridized carbons (Fsp3) is 0.250. The second-order valence-corrected chi connectivity index (χ2v) is 5.61. The summed E-state index contributed by atoms with van der Waals surface area (Å²) in [4.78, 5) is 5.38. The standard InChI is InChI=1S/C12H11ClN2O2S/c1-7-14-4-8(18-7)5-15-10-3-12-11(2-9(10)13)16-6-17-12/h2-4,15H,5-6H2,1H3. The van der Waals surface area contributed by atoms with E-state index in [-0.39, 0.29) is 6.79 Å². The molecule has 1 aliphatic heterocycles. The first-order valence-electron chi connectivity index (χ1n) is 5.47. The molecular weight excluding hydrogens is 272 g/mol. The molecule has 0 aliphatic carbocycles. The molecule has 0 fully saturated rings. The molecule has 0 spiro atoms. The van der Waals surface area contributed by atoms with Crippen molar-refractivity contribution in [3.05, 3.63) is 33.2 Å². The Kier molecular flexibility index (Phi) is 3.01. The maximum atomic E-state index is 6.17. The molecule has 1 aromatic carbocycles. The van der Waals surface area contributed by atoms with Gasteiger partial charge in [0.15, 0.2) is 11.5 Å². The molecule has 0 unspecified atom stereocenters. The van der Waals surface area contributed by atoms with Crippen molar-refractivity contribution in [1.82, 2.24) is 4.98 Å². The molecule has 0 radical (unpaired) electrons. The lowest BCUT2D eigenvalue weighted by atomic mass is 10.2. The van der Waals surface area contributed by atoms with E-state index in [9.17, 15) is 0 Å². The third-order valence-corrected chi connectivity index (χ3v) is 3.81. The maximum absolute atomic E-state index is 6.17. The van der Waals surface area contributed by atoms with Gasteiger partial charge >= 0.3 is 0 Å². The van der Waals surface area contributed by atoms with Crippen molar-refractivity contribution in [3.63, 3.8) is 0 Å². The van der Waals surface area contributed by atoms with Crippen LogP contribution in [0.2, 0.25) is 5.02 Å². The average Bonchev–Trinajstić information content (AvgIpc) is 2.94. The molecule has 0 atom stereocenters. The fourth-order valence-corrected chi connectivity index (χ4v) is 2.68. The molecule has 6 heteroatoms. The minimum atomic E-state index is 0.253. The van der Waals surface area contributed by atoms with Crippen LogP contribution in [0.25, 0.3) is 0 Å². The molecule has 3 rings (SSSR count). The Labute approximate surface area is 114 Å². The zero-order valence-electron chi connectivity index (χ0n) is 9.70. The lowest BCUT2D eigenvalue weighted by Gasteiger charge is -2.08. The summed E-state index contributed by atoms with van der Waals surface area (Å²) < 4.78 is 10.6. The number of benzene rings is 1. The number of anilines is 1. The number of hydrogen-bond acceptors (Lipinski definition) is 5. The van der Waals surface area contributed by atoms with Crippen LogP contribution in [0.1, 0.15) is 9.88 Å². The number of halogens is 1. The number of nitrogens with zero attached hydrogens (tertiary/aromatic N) is 1. The number of ether oxygens (including phenoxy) is 2. The Bertz CT molecular complexity index is 585. The highest BCUT2D eigenvalue weighted by Gasteiger charge is 2.16. The van der Waals surface area contributed by atoms with Gasteiger partial charge in [0.25, 0.3) is 0 Å². The number of nitrogens with one attached hydrogen (secondary N) is 1. The van der Waals surface area contributed by atoms with Crippen LogP contribution in [0.15, 0.2) is 18.3 Å². The molecule has 2 aromatic rings. The summed E-state index contributed by atoms with van der Waals surface area (Å²) in [5.74, 6) is 1.42. The van der Waals surface area contributed by atoms with Crippen LogP contribution in [-0.2, 0) is 6.54 Å². The summed E-state index contributed by atoms with van der Waals surface area (Å²) in [5.41, 5.74) is 0.840. The first kappa shape index (κ1) is 11.6. The first-order chi connectivity index (χ1) is 8.72. The van der Waals surface area contributed by atoms with Gasteiger partial charge in [0, 0.05) is 23.2 Å². The Balaban J connectivity index is 1.76. The first-order valence-corrected chi connectivity index (χ1v) is 6.66. The Morgan fingerprint density at radius 2 is 2.17 bits per heavy atom. The van der Waals surface area contributed by atoms with Gasteiger partial charge in [-0.15, -0.1) is 11.3 Å². The van der Waals surface area contributed by atoms with Crippen LogP contribution in [0, 0.1) is 6.92 Å². The second kappa shape index (κ2) is 4.66. The molecule has 0 bridgehead atoms. The maximum Gasteiger partial charge on any atom is 0.231 e. The number of thiazole rings is 1. The summed E-state index contributed by atoms with van der Waals surface area (Å²) in [6.07, 6.45) is 1.87. The summed E-state index contributed by atoms with van der Waals surface area (Å²) in [6, 6.07) is 3.63. The van der Waals surface area contributed by atoms with Crippen LogP contribution in [0.3, 0.4) is 0 Å². The number of rotatable bonds is 3. The van der Waals surface area contributed by atoms with E-state index in [0.29, 0.717) is 17.3 Å². The third-order valence-electron chi connectivity index (χ3n) is 2.58. The average molecular weight is 283 g/mol. The minimum Gasteiger partial charge on any atom is -0.454 e. The largest absolute Gasteiger partial charge is 0.454 e. The normalized spacial score (nSPS) is 12.8. The Hall–Kier alpha value is -1.46. The predicted octanol–water partition coefficient (Wildman–Crippen LogP) is 3.45. The van der Waals surface area contributed by atoms with E-state index < -0.39 is 0 Å². The molecule has 1 aromatic heterocycles. The highest BCUT2D eigenvalue weighted by atomic mass is 35.5. The predicted molar refractivity (Wildman–Crippen MR) is 71.8 cm³/mol. The van der Waals surface area contributed by atoms with Gasteiger partial charge in [-0.05, 0) is 6.92 Å². The fourth-order valence-electron chi connectivity index (χ4n) is 1.72. The van der Waals surface area contributed by atoms with Crippen molar-refractivity contribution < 1.29 is 9.47 Å². The van der Waals surface area contributed by atoms with Crippen LogP contribution in [-0.4, -0.2) is 11.8 Å². The molecule has 94 valence electrons. The van der Waals surface area contributed by atoms with Crippen molar-refractivity contribution >= 4 is 28.6 Å². The van der Waals surface area contributed by atoms with Crippen LogP contribution in [0.5, 0.6) is 11.5 Å². The van der Waals surface area contributed by atoms with Gasteiger partial charge < -0.3 is 14.8 Å². The molecule has 0 amide bonds. The summed E-state index contributed by atoms with van der Waals surface area (Å²) in [6.45, 7) is 2.94. The molecule has 1 N–H and O–H groups in total. The lowest BCUT2D eigenvalue weighted by molar-refractivity contribution is 0.174. The van der Waals surface area contributed by atoms with Gasteiger partial charge in [0.05, 0.1) is 22.3 Å². The van der Waals surface area contributed by atoms with E-state index in [0.717, 1.165) is 16.4 Å². The van der Waals surface area contributed by atoms with Crippen molar-refractivity contribution in [2.45, 2.75) is 13.5 Å². The number of aromatic nitrogens is 1. The van der Waals surface area contributed by atoms with Gasteiger partial charge in [0.1, 0.15) is 0 Å². The second-order valence-electron chi connectivity index (χ2n) is 3.88. The van der Waals surface area contributed by atoms with Crippen molar-refractivity contribution in [1.29, 1.82) is 0 Å². The summed E-state index contributed by atoms with van der Waals surface area (Å²) in [5, 5.41) is 4.96. The van der Waals surface area contributed by atoms with Gasteiger partial charge in [-0.3, -0.25) is 0 Å². The third kappa shape index (κ3) is 2.23. The molecular formula is C12H11ClN2O2S. The quantitative estimate of drug-likeness (QED) is 0.936. The van der Waals surface area contributed by atoms with Gasteiger partial charge in [0.2, 0.25) is 6.79 Å². The smallest absolute Gasteiger partial charge is 0.231 e. The van der Waals surface area contributed by atoms with E-state index in [4.69, 9.17) is 21.1 Å². The van der Waals surface area contributed by atoms with E-state index in [1.807, 2.05) is 19.2 Å². The molecule has 0 saturated heterocycles. The monoisotopic (exact) mass is 282 g/mol. The number of fused-ring (bicyclic) bond motifs is 1. The topological polar surface area (TPSA) is 43.4 Å². The summed E-state index contributed by atoms with van der Waals surface area (Å²) in [7, 11) is 0. The Morgan fingerprint density at radius 1 is 1.39 bits per heavy atom. The molecule has 1 aliphatic rings. The Morgan fingerprint density at radius 3 is 2.89 bits per heavy atom. The highest BCUT2D eigenvalue weighted by Crippen LogP contribution is 2.39. The van der Waals surface area contributed by atoms with Crippen LogP contribution < -0.4 is 14.8 Å². The van der Waals surface area contributed by atoms with Crippen LogP contribution in [0.4, 0.5) is 5.69 Å². The van der Waals surface area contributed by atoms with E-state index in [2.05, 4.69) is 10.3 Å². The van der Waals surface area contributed by atoms with Crippen LogP contribution >= 0.6 is 22.9 Å². The van der Waals surface area contributed by atoms with Crippen molar-refractivity contribution in [2.75, 3.05) is 12.1 Å². The number of hydrogen-bond donors (Lipinski definition) is 1. The highest BCUT2D eigenvalue weighted by molar-refractivity contribution is 7.11. The van der Waals surface area contributed by atoms with E-state index >= 15 is 0 Å². The molecule has 4 nitrogen and oxygen atoms in total. The lowest BCUT2D eigenvalue weighted by Crippen LogP contribution is -1.98.